The maximum Gasteiger partial charge on any atom is 0.0294 e. The lowest BCUT2D eigenvalue weighted by Gasteiger charge is -2.09. The lowest BCUT2D eigenvalue weighted by Crippen LogP contribution is -2.08. The molecule has 0 bridgehead atoms. The Bertz CT molecular complexity index is 193. The molecule has 1 atom stereocenters. The van der Waals surface area contributed by atoms with Gasteiger partial charge in [-0.25, -0.2) is 0 Å². The van der Waals surface area contributed by atoms with Gasteiger partial charge in [-0.3, -0.25) is 0 Å². The van der Waals surface area contributed by atoms with Gasteiger partial charge >= 0.3 is 0 Å². The van der Waals surface area contributed by atoms with Gasteiger partial charge in [0.15, 0.2) is 0 Å². The molecule has 0 aromatic heterocycles. The van der Waals surface area contributed by atoms with E-state index in [9.17, 15) is 0 Å². The van der Waals surface area contributed by atoms with Gasteiger partial charge in [-0.2, -0.15) is 0 Å². The second-order valence-electron chi connectivity index (χ2n) is 2.81. The van der Waals surface area contributed by atoms with Crippen LogP contribution in [0.25, 0.3) is 0 Å². The van der Waals surface area contributed by atoms with Gasteiger partial charge in [-0.1, -0.05) is 43.7 Å². The fourth-order valence-electron chi connectivity index (χ4n) is 1.18. The highest BCUT2D eigenvalue weighted by molar-refractivity contribution is 5.18. The predicted molar refractivity (Wildman–Crippen MR) is 48.3 cm³/mol. The Labute approximate surface area is 68.2 Å². The second-order valence-corrected chi connectivity index (χ2v) is 2.81. The minimum absolute atomic E-state index is 0.223. The summed E-state index contributed by atoms with van der Waals surface area (Å²) in [6, 6.07) is 10.5. The smallest absolute Gasteiger partial charge is 0.0294 e. The molecule has 60 valence electrons. The third-order valence-electron chi connectivity index (χ3n) is 1.83. The van der Waals surface area contributed by atoms with Gasteiger partial charge in [-0.15, -0.1) is 0 Å². The maximum atomic E-state index is 5.91. The van der Waals surface area contributed by atoms with Crippen LogP contribution in [0, 0.1) is 0 Å². The van der Waals surface area contributed by atoms with Gasteiger partial charge in [-0.05, 0) is 12.0 Å². The number of hydrogen-bond acceptors (Lipinski definition) is 1. The van der Waals surface area contributed by atoms with Crippen molar-refractivity contribution >= 4 is 0 Å². The van der Waals surface area contributed by atoms with Crippen molar-refractivity contribution in [3.05, 3.63) is 35.9 Å². The molecular formula is C10H15N. The van der Waals surface area contributed by atoms with Crippen LogP contribution in [0.2, 0.25) is 0 Å². The van der Waals surface area contributed by atoms with Crippen molar-refractivity contribution in [2.45, 2.75) is 25.8 Å². The van der Waals surface area contributed by atoms with E-state index in [1.165, 1.54) is 5.56 Å². The number of hydrogen-bond donors (Lipinski definition) is 1. The molecule has 0 radical (unpaired) electrons. The summed E-state index contributed by atoms with van der Waals surface area (Å²) in [4.78, 5) is 0. The Morgan fingerprint density at radius 1 is 1.27 bits per heavy atom. The molecule has 0 amide bonds. The van der Waals surface area contributed by atoms with Crippen molar-refractivity contribution in [3.63, 3.8) is 0 Å². The Hall–Kier alpha value is -0.820. The summed E-state index contributed by atoms with van der Waals surface area (Å²) in [6.45, 7) is 2.16. The third kappa shape index (κ3) is 2.35. The van der Waals surface area contributed by atoms with E-state index in [1.807, 2.05) is 18.2 Å². The molecule has 0 heterocycles. The van der Waals surface area contributed by atoms with Crippen molar-refractivity contribution in [1.29, 1.82) is 0 Å². The summed E-state index contributed by atoms with van der Waals surface area (Å²) >= 11 is 0. The van der Waals surface area contributed by atoms with Gasteiger partial charge in [0.1, 0.15) is 0 Å². The van der Waals surface area contributed by atoms with E-state index in [1.54, 1.807) is 0 Å². The predicted octanol–water partition coefficient (Wildman–Crippen LogP) is 2.49. The summed E-state index contributed by atoms with van der Waals surface area (Å²) in [5, 5.41) is 0. The molecule has 0 unspecified atom stereocenters. The molecule has 0 fully saturated rings. The van der Waals surface area contributed by atoms with E-state index < -0.39 is 0 Å². The van der Waals surface area contributed by atoms with E-state index in [4.69, 9.17) is 5.73 Å². The molecule has 1 nitrogen and oxygen atoms in total. The molecule has 0 saturated heterocycles. The zero-order valence-electron chi connectivity index (χ0n) is 6.96. The Morgan fingerprint density at radius 3 is 2.45 bits per heavy atom. The van der Waals surface area contributed by atoms with Crippen molar-refractivity contribution in [2.75, 3.05) is 0 Å². The van der Waals surface area contributed by atoms with Gasteiger partial charge < -0.3 is 5.73 Å². The van der Waals surface area contributed by atoms with Crippen molar-refractivity contribution in [3.8, 4) is 0 Å². The number of benzene rings is 1. The molecule has 2 N–H and O–H groups in total. The highest BCUT2D eigenvalue weighted by Gasteiger charge is 2.01. The molecular weight excluding hydrogens is 134 g/mol. The van der Waals surface area contributed by atoms with Crippen molar-refractivity contribution in [1.82, 2.24) is 0 Å². The molecule has 0 saturated carbocycles. The molecule has 1 rings (SSSR count). The standard InChI is InChI=1S/C10H15N/c1-2-6-10(11)9-7-4-3-5-8-9/h3-5,7-8,10H,2,6,11H2,1H3/t10-/m1/s1. The van der Waals surface area contributed by atoms with Crippen LogP contribution in [-0.4, -0.2) is 0 Å². The molecule has 1 aromatic carbocycles. The summed E-state index contributed by atoms with van der Waals surface area (Å²) in [6.07, 6.45) is 2.22. The van der Waals surface area contributed by atoms with E-state index >= 15 is 0 Å². The topological polar surface area (TPSA) is 26.0 Å². The van der Waals surface area contributed by atoms with E-state index in [-0.39, 0.29) is 6.04 Å². The third-order valence-corrected chi connectivity index (χ3v) is 1.83. The summed E-state index contributed by atoms with van der Waals surface area (Å²) < 4.78 is 0. The molecule has 0 spiro atoms. The van der Waals surface area contributed by atoms with Crippen LogP contribution in [-0.2, 0) is 0 Å². The van der Waals surface area contributed by atoms with Crippen molar-refractivity contribution in [2.24, 2.45) is 5.73 Å². The monoisotopic (exact) mass is 149 g/mol. The largest absolute Gasteiger partial charge is 0.324 e. The fraction of sp³-hybridized carbons (Fsp3) is 0.400. The lowest BCUT2D eigenvalue weighted by molar-refractivity contribution is 0.638. The fourth-order valence-corrected chi connectivity index (χ4v) is 1.18. The molecule has 1 heteroatoms. The van der Waals surface area contributed by atoms with E-state index in [0.717, 1.165) is 12.8 Å². The minimum Gasteiger partial charge on any atom is -0.324 e. The Kier molecular flexibility index (Phi) is 3.12. The zero-order valence-corrected chi connectivity index (χ0v) is 6.96. The molecule has 0 aliphatic rings. The zero-order chi connectivity index (χ0) is 8.10. The second kappa shape index (κ2) is 4.14. The van der Waals surface area contributed by atoms with E-state index in [0.29, 0.717) is 0 Å². The number of nitrogens with two attached hydrogens (primary N) is 1. The SMILES string of the molecule is CCC[C@@H](N)c1ccccc1. The maximum absolute atomic E-state index is 5.91. The van der Waals surface area contributed by atoms with Crippen LogP contribution >= 0.6 is 0 Å². The molecule has 1 aromatic rings. The van der Waals surface area contributed by atoms with Gasteiger partial charge in [0, 0.05) is 6.04 Å². The first-order valence-corrected chi connectivity index (χ1v) is 4.15. The summed E-state index contributed by atoms with van der Waals surface area (Å²) in [5.41, 5.74) is 7.15. The van der Waals surface area contributed by atoms with Crippen molar-refractivity contribution < 1.29 is 0 Å². The van der Waals surface area contributed by atoms with Gasteiger partial charge in [0.05, 0.1) is 0 Å². The molecule has 11 heavy (non-hydrogen) atoms. The Balaban J connectivity index is 2.61. The highest BCUT2D eigenvalue weighted by Crippen LogP contribution is 2.13. The normalized spacial score (nSPS) is 12.9. The van der Waals surface area contributed by atoms with Crippen LogP contribution in [0.15, 0.2) is 30.3 Å². The lowest BCUT2D eigenvalue weighted by atomic mass is 10.0. The first-order chi connectivity index (χ1) is 5.34. The minimum atomic E-state index is 0.223. The van der Waals surface area contributed by atoms with E-state index in [2.05, 4.69) is 19.1 Å². The van der Waals surface area contributed by atoms with Crippen LogP contribution < -0.4 is 5.73 Å². The van der Waals surface area contributed by atoms with Gasteiger partial charge in [0.25, 0.3) is 0 Å². The first kappa shape index (κ1) is 8.28. The van der Waals surface area contributed by atoms with Crippen LogP contribution in [0.1, 0.15) is 31.4 Å². The first-order valence-electron chi connectivity index (χ1n) is 4.15. The van der Waals surface area contributed by atoms with Gasteiger partial charge in [0.2, 0.25) is 0 Å². The van der Waals surface area contributed by atoms with Crippen LogP contribution in [0.4, 0.5) is 0 Å². The summed E-state index contributed by atoms with van der Waals surface area (Å²) in [7, 11) is 0. The van der Waals surface area contributed by atoms with Crippen LogP contribution in [0.3, 0.4) is 0 Å². The average Bonchev–Trinajstić information content (AvgIpc) is 2.07. The number of rotatable bonds is 3. The Morgan fingerprint density at radius 2 is 1.91 bits per heavy atom. The quantitative estimate of drug-likeness (QED) is 0.702. The highest BCUT2D eigenvalue weighted by atomic mass is 14.6. The van der Waals surface area contributed by atoms with Crippen LogP contribution in [0.5, 0.6) is 0 Å². The summed E-state index contributed by atoms with van der Waals surface area (Å²) in [5.74, 6) is 0. The molecule has 0 aliphatic carbocycles. The molecule has 0 aliphatic heterocycles. The average molecular weight is 149 g/mol.